The first-order valence-corrected chi connectivity index (χ1v) is 12.2. The van der Waals surface area contributed by atoms with E-state index in [4.69, 9.17) is 14.2 Å². The number of aromatic nitrogens is 2. The van der Waals surface area contributed by atoms with E-state index in [-0.39, 0.29) is 25.2 Å². The summed E-state index contributed by atoms with van der Waals surface area (Å²) in [5, 5.41) is 10.4. The number of methoxy groups -OCH3 is 1. The third-order valence-electron chi connectivity index (χ3n) is 5.63. The van der Waals surface area contributed by atoms with Crippen molar-refractivity contribution >= 4 is 35.5 Å². The third-order valence-corrected chi connectivity index (χ3v) is 6.60. The Morgan fingerprint density at radius 3 is 2.80 bits per heavy atom. The van der Waals surface area contributed by atoms with E-state index >= 15 is 0 Å². The molecule has 5 rings (SSSR count). The predicted molar refractivity (Wildman–Crippen MR) is 132 cm³/mol. The zero-order valence-electron chi connectivity index (χ0n) is 19.1. The van der Waals surface area contributed by atoms with Gasteiger partial charge in [0.1, 0.15) is 18.1 Å². The van der Waals surface area contributed by atoms with Gasteiger partial charge in [0.05, 0.1) is 12.8 Å². The average Bonchev–Trinajstić information content (AvgIpc) is 3.59. The number of hydrogen-bond donors (Lipinski definition) is 2. The lowest BCUT2D eigenvalue weighted by atomic mass is 10.2. The number of benzene rings is 2. The summed E-state index contributed by atoms with van der Waals surface area (Å²) >= 11 is 1.73. The van der Waals surface area contributed by atoms with Crippen LogP contribution < -0.4 is 24.8 Å². The molecule has 2 aliphatic heterocycles. The number of hydrogen-bond acceptors (Lipinski definition) is 7. The van der Waals surface area contributed by atoms with Crippen LogP contribution in [0.15, 0.2) is 48.5 Å². The second-order valence-corrected chi connectivity index (χ2v) is 8.97. The fourth-order valence-electron chi connectivity index (χ4n) is 3.80. The molecule has 0 unspecified atom stereocenters. The molecule has 180 valence electrons. The SMILES string of the molecule is COc1ccc(CNC(=O)Cn2nc3c(c2NC(=O)C=Cc2ccc4c(c2)OCO4)CSC3)cc1. The van der Waals surface area contributed by atoms with Crippen molar-refractivity contribution in [1.82, 2.24) is 15.1 Å². The maximum absolute atomic E-state index is 12.7. The topological polar surface area (TPSA) is 104 Å². The van der Waals surface area contributed by atoms with Crippen molar-refractivity contribution < 1.29 is 23.8 Å². The lowest BCUT2D eigenvalue weighted by Gasteiger charge is -2.11. The Hall–Kier alpha value is -3.92. The Labute approximate surface area is 206 Å². The fraction of sp³-hybridized carbons (Fsp3) is 0.240. The molecule has 35 heavy (non-hydrogen) atoms. The van der Waals surface area contributed by atoms with Crippen LogP contribution in [-0.2, 0) is 34.2 Å². The van der Waals surface area contributed by atoms with E-state index in [9.17, 15) is 9.59 Å². The highest BCUT2D eigenvalue weighted by Crippen LogP contribution is 2.35. The molecule has 0 spiro atoms. The first-order chi connectivity index (χ1) is 17.1. The summed E-state index contributed by atoms with van der Waals surface area (Å²) in [6.45, 7) is 0.596. The lowest BCUT2D eigenvalue weighted by Crippen LogP contribution is -2.28. The Morgan fingerprint density at radius 1 is 1.14 bits per heavy atom. The molecule has 2 aliphatic rings. The van der Waals surface area contributed by atoms with Crippen LogP contribution in [0.25, 0.3) is 6.08 Å². The second-order valence-electron chi connectivity index (χ2n) is 7.98. The van der Waals surface area contributed by atoms with Crippen molar-refractivity contribution in [2.24, 2.45) is 0 Å². The highest BCUT2D eigenvalue weighted by molar-refractivity contribution is 7.98. The quantitative estimate of drug-likeness (QED) is 0.465. The van der Waals surface area contributed by atoms with Gasteiger partial charge in [-0.1, -0.05) is 18.2 Å². The molecule has 3 aromatic rings. The number of thioether (sulfide) groups is 1. The number of rotatable bonds is 8. The number of carbonyl (C=O) groups is 2. The molecule has 0 saturated carbocycles. The maximum atomic E-state index is 12.7. The largest absolute Gasteiger partial charge is 0.497 e. The van der Waals surface area contributed by atoms with Gasteiger partial charge < -0.3 is 24.8 Å². The van der Waals surface area contributed by atoms with Crippen molar-refractivity contribution in [3.8, 4) is 17.2 Å². The summed E-state index contributed by atoms with van der Waals surface area (Å²) in [4.78, 5) is 25.3. The molecule has 0 aliphatic carbocycles. The highest BCUT2D eigenvalue weighted by Gasteiger charge is 2.24. The van der Waals surface area contributed by atoms with E-state index in [1.807, 2.05) is 42.5 Å². The van der Waals surface area contributed by atoms with Gasteiger partial charge in [0.2, 0.25) is 18.6 Å². The van der Waals surface area contributed by atoms with Crippen LogP contribution in [0.2, 0.25) is 0 Å². The molecule has 9 nitrogen and oxygen atoms in total. The Balaban J connectivity index is 1.23. The van der Waals surface area contributed by atoms with Crippen molar-refractivity contribution in [2.75, 3.05) is 19.2 Å². The Kier molecular flexibility index (Phi) is 6.62. The molecular formula is C25H24N4O5S. The van der Waals surface area contributed by atoms with Crippen LogP contribution in [0, 0.1) is 0 Å². The fourth-order valence-corrected chi connectivity index (χ4v) is 4.84. The molecule has 2 amide bonds. The lowest BCUT2D eigenvalue weighted by molar-refractivity contribution is -0.122. The van der Waals surface area contributed by atoms with Gasteiger partial charge in [-0.2, -0.15) is 16.9 Å². The molecule has 0 saturated heterocycles. The standard InChI is InChI=1S/C25H24N4O5S/c1-32-18-6-2-17(3-7-18)11-26-24(31)12-29-25(19-13-35-14-20(19)28-29)27-23(30)9-5-16-4-8-21-22(10-16)34-15-33-21/h2-10H,11-15H2,1H3,(H,26,31)(H,27,30). The molecular weight excluding hydrogens is 468 g/mol. The van der Waals surface area contributed by atoms with E-state index in [1.54, 1.807) is 29.6 Å². The molecule has 0 fully saturated rings. The van der Waals surface area contributed by atoms with Crippen LogP contribution in [0.5, 0.6) is 17.2 Å². The van der Waals surface area contributed by atoms with Crippen LogP contribution in [0.1, 0.15) is 22.4 Å². The number of amides is 2. The van der Waals surface area contributed by atoms with E-state index in [0.717, 1.165) is 39.6 Å². The number of nitrogens with one attached hydrogen (secondary N) is 2. The molecule has 0 atom stereocenters. The summed E-state index contributed by atoms with van der Waals surface area (Å²) in [6, 6.07) is 13.0. The van der Waals surface area contributed by atoms with Gasteiger partial charge in [-0.25, -0.2) is 4.68 Å². The number of nitrogens with zero attached hydrogens (tertiary/aromatic N) is 2. The number of fused-ring (bicyclic) bond motifs is 2. The average molecular weight is 493 g/mol. The van der Waals surface area contributed by atoms with Gasteiger partial charge in [0.15, 0.2) is 11.5 Å². The zero-order valence-corrected chi connectivity index (χ0v) is 19.9. The zero-order chi connectivity index (χ0) is 24.2. The van der Waals surface area contributed by atoms with E-state index in [0.29, 0.717) is 23.9 Å². The third kappa shape index (κ3) is 5.27. The molecule has 1 aromatic heterocycles. The van der Waals surface area contributed by atoms with Gasteiger partial charge in [-0.15, -0.1) is 0 Å². The first-order valence-electron chi connectivity index (χ1n) is 11.0. The smallest absolute Gasteiger partial charge is 0.249 e. The Morgan fingerprint density at radius 2 is 1.97 bits per heavy atom. The van der Waals surface area contributed by atoms with Crippen molar-refractivity contribution in [2.45, 2.75) is 24.6 Å². The monoisotopic (exact) mass is 492 g/mol. The minimum atomic E-state index is -0.304. The van der Waals surface area contributed by atoms with Gasteiger partial charge in [0, 0.05) is 29.7 Å². The minimum Gasteiger partial charge on any atom is -0.497 e. The summed E-state index contributed by atoms with van der Waals surface area (Å²) in [5.41, 5.74) is 3.63. The van der Waals surface area contributed by atoms with E-state index < -0.39 is 0 Å². The molecule has 10 heteroatoms. The van der Waals surface area contributed by atoms with Crippen LogP contribution >= 0.6 is 11.8 Å². The van der Waals surface area contributed by atoms with Crippen molar-refractivity contribution in [3.63, 3.8) is 0 Å². The van der Waals surface area contributed by atoms with Crippen LogP contribution in [-0.4, -0.2) is 35.5 Å². The van der Waals surface area contributed by atoms with Gasteiger partial charge >= 0.3 is 0 Å². The van der Waals surface area contributed by atoms with Crippen LogP contribution in [0.4, 0.5) is 5.82 Å². The molecule has 0 radical (unpaired) electrons. The summed E-state index contributed by atoms with van der Waals surface area (Å²) in [6.07, 6.45) is 3.15. The first kappa shape index (κ1) is 22.9. The normalized spacial score (nSPS) is 13.6. The van der Waals surface area contributed by atoms with Crippen LogP contribution in [0.3, 0.4) is 0 Å². The number of anilines is 1. The number of carbonyl (C=O) groups excluding carboxylic acids is 2. The summed E-state index contributed by atoms with van der Waals surface area (Å²) in [5.74, 6) is 3.66. The van der Waals surface area contributed by atoms with Crippen molar-refractivity contribution in [3.05, 3.63) is 70.9 Å². The van der Waals surface area contributed by atoms with Gasteiger partial charge in [0.25, 0.3) is 0 Å². The molecule has 2 N–H and O–H groups in total. The second kappa shape index (κ2) is 10.1. The summed E-state index contributed by atoms with van der Waals surface area (Å²) in [7, 11) is 1.61. The van der Waals surface area contributed by atoms with Gasteiger partial charge in [-0.3, -0.25) is 9.59 Å². The van der Waals surface area contributed by atoms with Gasteiger partial charge in [-0.05, 0) is 41.5 Å². The van der Waals surface area contributed by atoms with E-state index in [1.165, 1.54) is 6.08 Å². The number of ether oxygens (including phenoxy) is 3. The molecule has 0 bridgehead atoms. The predicted octanol–water partition coefficient (Wildman–Crippen LogP) is 3.34. The maximum Gasteiger partial charge on any atom is 0.249 e. The van der Waals surface area contributed by atoms with E-state index in [2.05, 4.69) is 15.7 Å². The van der Waals surface area contributed by atoms with Crippen molar-refractivity contribution in [1.29, 1.82) is 0 Å². The minimum absolute atomic E-state index is 0.00924. The highest BCUT2D eigenvalue weighted by atomic mass is 32.2. The Bertz CT molecular complexity index is 1290. The summed E-state index contributed by atoms with van der Waals surface area (Å²) < 4.78 is 17.4. The molecule has 3 heterocycles. The molecule has 2 aromatic carbocycles.